The zero-order valence-corrected chi connectivity index (χ0v) is 8.94. The van der Waals surface area contributed by atoms with Gasteiger partial charge >= 0.3 is 5.97 Å². The van der Waals surface area contributed by atoms with E-state index in [0.29, 0.717) is 6.42 Å². The largest absolute Gasteiger partial charge is 0.469 e. The van der Waals surface area contributed by atoms with Gasteiger partial charge in [-0.2, -0.15) is 0 Å². The van der Waals surface area contributed by atoms with Crippen LogP contribution in [0.2, 0.25) is 0 Å². The van der Waals surface area contributed by atoms with E-state index in [1.54, 1.807) is 0 Å². The molecule has 1 aliphatic rings. The van der Waals surface area contributed by atoms with Crippen LogP contribution in [0.1, 0.15) is 33.1 Å². The monoisotopic (exact) mass is 185 g/mol. The first-order valence-electron chi connectivity index (χ1n) is 4.73. The van der Waals surface area contributed by atoms with Crippen molar-refractivity contribution in [3.05, 3.63) is 0 Å². The number of esters is 1. The van der Waals surface area contributed by atoms with Gasteiger partial charge in [-0.1, -0.05) is 6.92 Å². The molecule has 0 saturated heterocycles. The average Bonchev–Trinajstić information content (AvgIpc) is 2.84. The first kappa shape index (κ1) is 10.5. The molecule has 0 radical (unpaired) electrons. The highest BCUT2D eigenvalue weighted by atomic mass is 16.5. The van der Waals surface area contributed by atoms with Crippen molar-refractivity contribution in [2.75, 3.05) is 14.2 Å². The molecule has 0 aromatic carbocycles. The van der Waals surface area contributed by atoms with Crippen molar-refractivity contribution in [2.24, 2.45) is 5.41 Å². The summed E-state index contributed by atoms with van der Waals surface area (Å²) in [5.74, 6) is -0.134. The van der Waals surface area contributed by atoms with Crippen LogP contribution < -0.4 is 5.32 Å². The molecule has 1 rings (SSSR count). The number of hydrogen-bond acceptors (Lipinski definition) is 3. The zero-order chi connectivity index (χ0) is 10.1. The molecule has 13 heavy (non-hydrogen) atoms. The first-order valence-corrected chi connectivity index (χ1v) is 4.73. The maximum Gasteiger partial charge on any atom is 0.307 e. The Bertz CT molecular complexity index is 211. The molecule has 1 fully saturated rings. The minimum Gasteiger partial charge on any atom is -0.469 e. The lowest BCUT2D eigenvalue weighted by Crippen LogP contribution is -2.48. The molecule has 0 bridgehead atoms. The SMILES string of the molecule is CNC(C)(CC(=O)OC)C1(C)CC1. The fourth-order valence-electron chi connectivity index (χ4n) is 1.70. The Morgan fingerprint density at radius 1 is 1.62 bits per heavy atom. The number of rotatable bonds is 4. The van der Waals surface area contributed by atoms with Crippen molar-refractivity contribution in [1.82, 2.24) is 5.32 Å². The molecule has 0 heterocycles. The summed E-state index contributed by atoms with van der Waals surface area (Å²) in [6.07, 6.45) is 2.85. The molecule has 1 atom stereocenters. The molecule has 76 valence electrons. The lowest BCUT2D eigenvalue weighted by atomic mass is 9.81. The topological polar surface area (TPSA) is 38.3 Å². The number of hydrogen-bond donors (Lipinski definition) is 1. The highest BCUT2D eigenvalue weighted by Crippen LogP contribution is 2.54. The van der Waals surface area contributed by atoms with Crippen LogP contribution in [0, 0.1) is 5.41 Å². The summed E-state index contributed by atoms with van der Waals surface area (Å²) >= 11 is 0. The fourth-order valence-corrected chi connectivity index (χ4v) is 1.70. The standard InChI is InChI=1S/C10H19NO2/c1-9(5-6-9)10(2,11-3)7-8(12)13-4/h11H,5-7H2,1-4H3. The molecule has 3 nitrogen and oxygen atoms in total. The minimum atomic E-state index is -0.134. The second kappa shape index (κ2) is 3.29. The summed E-state index contributed by atoms with van der Waals surface area (Å²) < 4.78 is 4.69. The van der Waals surface area contributed by atoms with Crippen molar-refractivity contribution in [2.45, 2.75) is 38.6 Å². The highest BCUT2D eigenvalue weighted by molar-refractivity contribution is 5.71. The van der Waals surface area contributed by atoms with Gasteiger partial charge in [0.1, 0.15) is 0 Å². The first-order chi connectivity index (χ1) is 5.97. The van der Waals surface area contributed by atoms with Gasteiger partial charge in [-0.15, -0.1) is 0 Å². The number of carbonyl (C=O) groups is 1. The average molecular weight is 185 g/mol. The molecule has 0 aliphatic heterocycles. The fraction of sp³-hybridized carbons (Fsp3) is 0.900. The van der Waals surface area contributed by atoms with Crippen LogP contribution in [-0.4, -0.2) is 25.7 Å². The zero-order valence-electron chi connectivity index (χ0n) is 8.94. The van der Waals surface area contributed by atoms with Crippen molar-refractivity contribution >= 4 is 5.97 Å². The van der Waals surface area contributed by atoms with Crippen molar-refractivity contribution in [1.29, 1.82) is 0 Å². The van der Waals surface area contributed by atoms with Gasteiger partial charge in [0.05, 0.1) is 13.5 Å². The van der Waals surface area contributed by atoms with E-state index < -0.39 is 0 Å². The van der Waals surface area contributed by atoms with E-state index in [9.17, 15) is 4.79 Å². The van der Waals surface area contributed by atoms with Gasteiger partial charge in [0, 0.05) is 5.54 Å². The normalized spacial score (nSPS) is 23.4. The second-order valence-corrected chi connectivity index (χ2v) is 4.40. The molecule has 0 aromatic heterocycles. The van der Waals surface area contributed by atoms with Gasteiger partial charge in [0.15, 0.2) is 0 Å². The third kappa shape index (κ3) is 1.85. The van der Waals surface area contributed by atoms with E-state index in [4.69, 9.17) is 4.74 Å². The van der Waals surface area contributed by atoms with E-state index in [1.165, 1.54) is 20.0 Å². The Morgan fingerprint density at radius 2 is 2.15 bits per heavy atom. The molecule has 1 aliphatic carbocycles. The third-order valence-electron chi connectivity index (χ3n) is 3.61. The predicted molar refractivity (Wildman–Crippen MR) is 51.4 cm³/mol. The van der Waals surface area contributed by atoms with Crippen molar-refractivity contribution in [3.8, 4) is 0 Å². The summed E-state index contributed by atoms with van der Waals surface area (Å²) in [6, 6.07) is 0. The Kier molecular flexibility index (Phi) is 2.66. The molecule has 3 heteroatoms. The van der Waals surface area contributed by atoms with Crippen molar-refractivity contribution < 1.29 is 9.53 Å². The van der Waals surface area contributed by atoms with Gasteiger partial charge in [0.2, 0.25) is 0 Å². The van der Waals surface area contributed by atoms with Crippen LogP contribution in [0.25, 0.3) is 0 Å². The number of methoxy groups -OCH3 is 1. The summed E-state index contributed by atoms with van der Waals surface area (Å²) in [7, 11) is 3.35. The Balaban J connectivity index is 2.64. The molecule has 1 unspecified atom stereocenters. The smallest absolute Gasteiger partial charge is 0.307 e. The van der Waals surface area contributed by atoms with E-state index in [2.05, 4.69) is 19.2 Å². The molecule has 0 amide bonds. The maximum atomic E-state index is 11.2. The van der Waals surface area contributed by atoms with Crippen LogP contribution in [0.5, 0.6) is 0 Å². The van der Waals surface area contributed by atoms with E-state index in [1.807, 2.05) is 7.05 Å². The Hall–Kier alpha value is -0.570. The van der Waals surface area contributed by atoms with Crippen LogP contribution in [0.3, 0.4) is 0 Å². The Morgan fingerprint density at radius 3 is 2.46 bits per heavy atom. The molecule has 1 saturated carbocycles. The molecule has 1 N–H and O–H groups in total. The van der Waals surface area contributed by atoms with Gasteiger partial charge in [0.25, 0.3) is 0 Å². The van der Waals surface area contributed by atoms with E-state index in [0.717, 1.165) is 0 Å². The predicted octanol–water partition coefficient (Wildman–Crippen LogP) is 1.33. The van der Waals surface area contributed by atoms with E-state index >= 15 is 0 Å². The Labute approximate surface area is 79.8 Å². The molecular weight excluding hydrogens is 166 g/mol. The van der Waals surface area contributed by atoms with E-state index in [-0.39, 0.29) is 16.9 Å². The lowest BCUT2D eigenvalue weighted by molar-refractivity contribution is -0.142. The summed E-state index contributed by atoms with van der Waals surface area (Å²) in [6.45, 7) is 4.31. The van der Waals surface area contributed by atoms with Gasteiger partial charge < -0.3 is 10.1 Å². The second-order valence-electron chi connectivity index (χ2n) is 4.40. The molecule has 0 spiro atoms. The summed E-state index contributed by atoms with van der Waals surface area (Å²) in [5.41, 5.74) is 0.163. The summed E-state index contributed by atoms with van der Waals surface area (Å²) in [4.78, 5) is 11.2. The van der Waals surface area contributed by atoms with Gasteiger partial charge in [-0.3, -0.25) is 4.79 Å². The molecule has 0 aromatic rings. The number of nitrogens with one attached hydrogen (secondary N) is 1. The number of ether oxygens (including phenoxy) is 1. The quantitative estimate of drug-likeness (QED) is 0.671. The highest BCUT2D eigenvalue weighted by Gasteiger charge is 2.53. The maximum absolute atomic E-state index is 11.2. The minimum absolute atomic E-state index is 0.111. The van der Waals surface area contributed by atoms with Gasteiger partial charge in [-0.05, 0) is 32.2 Å². The lowest BCUT2D eigenvalue weighted by Gasteiger charge is -2.35. The third-order valence-corrected chi connectivity index (χ3v) is 3.61. The van der Waals surface area contributed by atoms with Crippen LogP contribution >= 0.6 is 0 Å². The summed E-state index contributed by atoms with van der Waals surface area (Å²) in [5, 5.41) is 3.25. The van der Waals surface area contributed by atoms with Crippen molar-refractivity contribution in [3.63, 3.8) is 0 Å². The molecular formula is C10H19NO2. The van der Waals surface area contributed by atoms with Crippen LogP contribution in [0.4, 0.5) is 0 Å². The van der Waals surface area contributed by atoms with Crippen LogP contribution in [-0.2, 0) is 9.53 Å². The van der Waals surface area contributed by atoms with Gasteiger partial charge in [-0.25, -0.2) is 0 Å². The number of carbonyl (C=O) groups excluding carboxylic acids is 1. The van der Waals surface area contributed by atoms with Crippen LogP contribution in [0.15, 0.2) is 0 Å².